The number of hydrogen-bond acceptors (Lipinski definition) is 6. The fraction of sp³-hybridized carbons (Fsp3) is 0.625. The third kappa shape index (κ3) is 5.97. The van der Waals surface area contributed by atoms with E-state index in [1.807, 2.05) is 17.0 Å². The van der Waals surface area contributed by atoms with Crippen LogP contribution in [0.3, 0.4) is 0 Å². The molecule has 7 heteroatoms. The van der Waals surface area contributed by atoms with Crippen molar-refractivity contribution in [1.82, 2.24) is 15.1 Å². The lowest BCUT2D eigenvalue weighted by Gasteiger charge is -2.34. The molecule has 168 valence electrons. The fourth-order valence-electron chi connectivity index (χ4n) is 4.41. The molecule has 2 fully saturated rings. The van der Waals surface area contributed by atoms with Gasteiger partial charge in [0.15, 0.2) is 0 Å². The first-order valence-electron chi connectivity index (χ1n) is 11.8. The molecule has 2 heterocycles. The van der Waals surface area contributed by atoms with Crippen molar-refractivity contribution in [2.24, 2.45) is 0 Å². The Morgan fingerprint density at radius 1 is 1.06 bits per heavy atom. The first-order chi connectivity index (χ1) is 15.2. The number of carbonyl (C=O) groups is 1. The largest absolute Gasteiger partial charge is 0.494 e. The van der Waals surface area contributed by atoms with Crippen molar-refractivity contribution in [1.29, 1.82) is 0 Å². The number of aryl methyl sites for hydroxylation is 1. The highest BCUT2D eigenvalue weighted by molar-refractivity contribution is 7.15. The predicted octanol–water partition coefficient (Wildman–Crippen LogP) is 4.66. The van der Waals surface area contributed by atoms with Gasteiger partial charge in [0.1, 0.15) is 10.8 Å². The minimum absolute atomic E-state index is 0.227. The molecule has 0 radical (unpaired) electrons. The Hall–Kier alpha value is -2.15. The van der Waals surface area contributed by atoms with Gasteiger partial charge in [-0.25, -0.2) is 0 Å². The number of benzene rings is 1. The SMILES string of the molecule is CCc1ccc(OCCCC(=O)N2CCN(c3nnc(C4CCCCC4)s3)CC2)cc1. The number of anilines is 1. The van der Waals surface area contributed by atoms with Crippen LogP contribution in [0.2, 0.25) is 0 Å². The molecule has 1 aromatic carbocycles. The summed E-state index contributed by atoms with van der Waals surface area (Å²) in [6.07, 6.45) is 8.81. The van der Waals surface area contributed by atoms with Crippen LogP contribution in [0.25, 0.3) is 0 Å². The molecule has 4 rings (SSSR count). The van der Waals surface area contributed by atoms with E-state index in [4.69, 9.17) is 4.74 Å². The summed E-state index contributed by atoms with van der Waals surface area (Å²) in [5.74, 6) is 1.71. The molecule has 1 aliphatic carbocycles. The Labute approximate surface area is 189 Å². The van der Waals surface area contributed by atoms with E-state index in [-0.39, 0.29) is 5.91 Å². The third-order valence-electron chi connectivity index (χ3n) is 6.42. The Morgan fingerprint density at radius 2 is 1.81 bits per heavy atom. The molecule has 2 aromatic rings. The van der Waals surface area contributed by atoms with Crippen LogP contribution >= 0.6 is 11.3 Å². The summed E-state index contributed by atoms with van der Waals surface area (Å²) in [6.45, 7) is 5.92. The highest BCUT2D eigenvalue weighted by atomic mass is 32.1. The lowest BCUT2D eigenvalue weighted by molar-refractivity contribution is -0.131. The van der Waals surface area contributed by atoms with Crippen LogP contribution < -0.4 is 9.64 Å². The van der Waals surface area contributed by atoms with Gasteiger partial charge in [-0.1, -0.05) is 49.7 Å². The first-order valence-corrected chi connectivity index (χ1v) is 12.6. The number of piperazine rings is 1. The topological polar surface area (TPSA) is 58.6 Å². The molecule has 2 aliphatic rings. The van der Waals surface area contributed by atoms with E-state index in [9.17, 15) is 4.79 Å². The molecule has 1 aromatic heterocycles. The maximum absolute atomic E-state index is 12.6. The lowest BCUT2D eigenvalue weighted by atomic mass is 9.90. The van der Waals surface area contributed by atoms with Gasteiger partial charge in [0, 0.05) is 38.5 Å². The van der Waals surface area contributed by atoms with Gasteiger partial charge in [0.25, 0.3) is 0 Å². The number of ether oxygens (including phenoxy) is 1. The minimum atomic E-state index is 0.227. The Kier molecular flexibility index (Phi) is 7.78. The summed E-state index contributed by atoms with van der Waals surface area (Å²) in [5, 5.41) is 11.2. The summed E-state index contributed by atoms with van der Waals surface area (Å²) in [4.78, 5) is 16.8. The maximum Gasteiger partial charge on any atom is 0.222 e. The van der Waals surface area contributed by atoms with Gasteiger partial charge in [-0.15, -0.1) is 10.2 Å². The van der Waals surface area contributed by atoms with Crippen molar-refractivity contribution >= 4 is 22.4 Å². The first kappa shape index (κ1) is 22.1. The Balaban J connectivity index is 1.16. The van der Waals surface area contributed by atoms with E-state index >= 15 is 0 Å². The van der Waals surface area contributed by atoms with Crippen LogP contribution in [0.1, 0.15) is 68.4 Å². The quantitative estimate of drug-likeness (QED) is 0.557. The second-order valence-electron chi connectivity index (χ2n) is 8.58. The van der Waals surface area contributed by atoms with Gasteiger partial charge < -0.3 is 14.5 Å². The van der Waals surface area contributed by atoms with Gasteiger partial charge >= 0.3 is 0 Å². The van der Waals surface area contributed by atoms with Crippen molar-refractivity contribution in [3.63, 3.8) is 0 Å². The molecule has 1 aliphatic heterocycles. The van der Waals surface area contributed by atoms with Crippen molar-refractivity contribution < 1.29 is 9.53 Å². The van der Waals surface area contributed by atoms with Crippen molar-refractivity contribution in [2.75, 3.05) is 37.7 Å². The minimum Gasteiger partial charge on any atom is -0.494 e. The molecule has 1 saturated heterocycles. The van der Waals surface area contributed by atoms with Gasteiger partial charge in [-0.3, -0.25) is 4.79 Å². The summed E-state index contributed by atoms with van der Waals surface area (Å²) in [6, 6.07) is 8.20. The van der Waals surface area contributed by atoms with Crippen LogP contribution in [-0.2, 0) is 11.2 Å². The second-order valence-corrected chi connectivity index (χ2v) is 9.56. The molecule has 31 heavy (non-hydrogen) atoms. The molecular weight excluding hydrogens is 408 g/mol. The summed E-state index contributed by atoms with van der Waals surface area (Å²) >= 11 is 1.76. The van der Waals surface area contributed by atoms with Crippen LogP contribution in [0.15, 0.2) is 24.3 Å². The molecule has 1 saturated carbocycles. The smallest absolute Gasteiger partial charge is 0.222 e. The molecular formula is C24H34N4O2S. The monoisotopic (exact) mass is 442 g/mol. The number of aromatic nitrogens is 2. The van der Waals surface area contributed by atoms with Gasteiger partial charge in [-0.2, -0.15) is 0 Å². The lowest BCUT2D eigenvalue weighted by Crippen LogP contribution is -2.48. The summed E-state index contributed by atoms with van der Waals surface area (Å²) in [5.41, 5.74) is 1.31. The molecule has 0 unspecified atom stereocenters. The summed E-state index contributed by atoms with van der Waals surface area (Å²) < 4.78 is 5.78. The summed E-state index contributed by atoms with van der Waals surface area (Å²) in [7, 11) is 0. The normalized spacial score (nSPS) is 17.7. The molecule has 1 amide bonds. The number of carbonyl (C=O) groups excluding carboxylic acids is 1. The third-order valence-corrected chi connectivity index (χ3v) is 7.57. The molecule has 0 atom stereocenters. The van der Waals surface area contributed by atoms with E-state index in [1.54, 1.807) is 11.3 Å². The van der Waals surface area contributed by atoms with Gasteiger partial charge in [-0.05, 0) is 43.4 Å². The molecule has 6 nitrogen and oxygen atoms in total. The van der Waals surface area contributed by atoms with Crippen LogP contribution in [0.4, 0.5) is 5.13 Å². The van der Waals surface area contributed by atoms with Gasteiger partial charge in [0.2, 0.25) is 11.0 Å². The average molecular weight is 443 g/mol. The zero-order chi connectivity index (χ0) is 21.5. The number of hydrogen-bond donors (Lipinski definition) is 0. The standard InChI is InChI=1S/C24H34N4O2S/c1-2-19-10-12-21(13-11-19)30-18-6-9-22(29)27-14-16-28(17-15-27)24-26-25-23(31-24)20-7-4-3-5-8-20/h10-13,20H,2-9,14-18H2,1H3. The molecule has 0 N–H and O–H groups in total. The Bertz CT molecular complexity index is 824. The average Bonchev–Trinajstić information content (AvgIpc) is 3.33. The zero-order valence-corrected chi connectivity index (χ0v) is 19.4. The number of rotatable bonds is 8. The van der Waals surface area contributed by atoms with E-state index in [0.717, 1.165) is 49.9 Å². The maximum atomic E-state index is 12.6. The van der Waals surface area contributed by atoms with E-state index in [1.165, 1.54) is 42.7 Å². The van der Waals surface area contributed by atoms with Crippen molar-refractivity contribution in [3.05, 3.63) is 34.8 Å². The number of nitrogens with zero attached hydrogens (tertiary/aromatic N) is 4. The van der Waals surface area contributed by atoms with Crippen molar-refractivity contribution in [3.8, 4) is 5.75 Å². The highest BCUT2D eigenvalue weighted by Crippen LogP contribution is 2.36. The van der Waals surface area contributed by atoms with E-state index < -0.39 is 0 Å². The zero-order valence-electron chi connectivity index (χ0n) is 18.6. The van der Waals surface area contributed by atoms with E-state index in [0.29, 0.717) is 18.9 Å². The second kappa shape index (κ2) is 10.9. The fourth-order valence-corrected chi connectivity index (χ4v) is 5.47. The van der Waals surface area contributed by atoms with Crippen LogP contribution in [0, 0.1) is 0 Å². The Morgan fingerprint density at radius 3 is 2.52 bits per heavy atom. The predicted molar refractivity (Wildman–Crippen MR) is 125 cm³/mol. The van der Waals surface area contributed by atoms with Gasteiger partial charge in [0.05, 0.1) is 6.61 Å². The van der Waals surface area contributed by atoms with E-state index in [2.05, 4.69) is 34.2 Å². The van der Waals surface area contributed by atoms with Crippen LogP contribution in [0.5, 0.6) is 5.75 Å². The highest BCUT2D eigenvalue weighted by Gasteiger charge is 2.25. The molecule has 0 spiro atoms. The molecule has 0 bridgehead atoms. The number of amides is 1. The van der Waals surface area contributed by atoms with Crippen LogP contribution in [-0.4, -0.2) is 53.8 Å². The van der Waals surface area contributed by atoms with Crippen molar-refractivity contribution in [2.45, 2.75) is 64.2 Å².